The molecule has 1 aromatic heterocycles. The van der Waals surface area contributed by atoms with E-state index in [0.717, 1.165) is 24.4 Å². The third kappa shape index (κ3) is 2.72. The molecule has 3 heterocycles. The minimum Gasteiger partial charge on any atom is -0.339 e. The smallest absolute Gasteiger partial charge is 0.317 e. The molecule has 21 heavy (non-hydrogen) atoms. The van der Waals surface area contributed by atoms with Crippen LogP contribution in [0, 0.1) is 13.8 Å². The first-order valence-electron chi connectivity index (χ1n) is 7.38. The molecule has 2 fully saturated rings. The molecule has 0 aromatic carbocycles. The van der Waals surface area contributed by atoms with Gasteiger partial charge in [-0.25, -0.2) is 4.79 Å². The predicted molar refractivity (Wildman–Crippen MR) is 76.9 cm³/mol. The molecule has 2 aliphatic rings. The van der Waals surface area contributed by atoms with Crippen LogP contribution in [0.5, 0.6) is 0 Å². The van der Waals surface area contributed by atoms with Crippen molar-refractivity contribution in [3.05, 3.63) is 17.5 Å². The van der Waals surface area contributed by atoms with E-state index in [1.54, 1.807) is 4.90 Å². The summed E-state index contributed by atoms with van der Waals surface area (Å²) >= 11 is 0. The Morgan fingerprint density at radius 2 is 2.24 bits per heavy atom. The monoisotopic (exact) mass is 291 g/mol. The molecule has 3 rings (SSSR count). The van der Waals surface area contributed by atoms with E-state index < -0.39 is 0 Å². The Morgan fingerprint density at radius 3 is 2.86 bits per heavy atom. The molecule has 0 radical (unpaired) electrons. The number of hydrogen-bond acceptors (Lipinski definition) is 3. The van der Waals surface area contributed by atoms with Crippen LogP contribution < -0.4 is 5.32 Å². The lowest BCUT2D eigenvalue weighted by atomic mass is 10.2. The molecule has 0 spiro atoms. The van der Waals surface area contributed by atoms with Gasteiger partial charge in [-0.2, -0.15) is 5.10 Å². The van der Waals surface area contributed by atoms with Crippen LogP contribution in [0.3, 0.4) is 0 Å². The molecule has 0 aliphatic carbocycles. The molecule has 1 N–H and O–H groups in total. The SMILES string of the molecule is Cc1cc(C)n([C@@H]2CCN(C(=O)CN3CCNC3=O)C2)n1. The summed E-state index contributed by atoms with van der Waals surface area (Å²) in [6.07, 6.45) is 0.917. The van der Waals surface area contributed by atoms with E-state index in [4.69, 9.17) is 0 Å². The number of rotatable bonds is 3. The molecule has 1 atom stereocenters. The van der Waals surface area contributed by atoms with Crippen LogP contribution in [0.2, 0.25) is 0 Å². The van der Waals surface area contributed by atoms with Gasteiger partial charge in [-0.3, -0.25) is 9.48 Å². The average Bonchev–Trinajstić information content (AvgIpc) is 3.12. The van der Waals surface area contributed by atoms with Crippen molar-refractivity contribution in [2.45, 2.75) is 26.3 Å². The fourth-order valence-corrected chi connectivity index (χ4v) is 3.11. The molecular weight excluding hydrogens is 270 g/mol. The lowest BCUT2D eigenvalue weighted by Gasteiger charge is -2.20. The maximum absolute atomic E-state index is 12.3. The molecule has 7 heteroatoms. The molecule has 2 saturated heterocycles. The van der Waals surface area contributed by atoms with Crippen molar-refractivity contribution in [2.24, 2.45) is 0 Å². The normalized spacial score (nSPS) is 22.0. The van der Waals surface area contributed by atoms with Gasteiger partial charge in [0.1, 0.15) is 6.54 Å². The van der Waals surface area contributed by atoms with Gasteiger partial charge in [0.2, 0.25) is 5.91 Å². The van der Waals surface area contributed by atoms with E-state index in [0.29, 0.717) is 19.6 Å². The highest BCUT2D eigenvalue weighted by molar-refractivity contribution is 5.85. The van der Waals surface area contributed by atoms with Crippen LogP contribution in [-0.2, 0) is 4.79 Å². The Labute approximate surface area is 123 Å². The summed E-state index contributed by atoms with van der Waals surface area (Å²) in [5.74, 6) is 0.0241. The van der Waals surface area contributed by atoms with Crippen molar-refractivity contribution in [3.63, 3.8) is 0 Å². The number of amides is 3. The maximum Gasteiger partial charge on any atom is 0.317 e. The molecule has 1 aromatic rings. The minimum atomic E-state index is -0.141. The minimum absolute atomic E-state index is 0.0241. The van der Waals surface area contributed by atoms with Crippen LogP contribution in [0.15, 0.2) is 6.07 Å². The highest BCUT2D eigenvalue weighted by Gasteiger charge is 2.31. The summed E-state index contributed by atoms with van der Waals surface area (Å²) in [5, 5.41) is 7.22. The predicted octanol–water partition coefficient (Wildman–Crippen LogP) is 0.299. The van der Waals surface area contributed by atoms with Crippen LogP contribution >= 0.6 is 0 Å². The molecule has 3 amide bonds. The van der Waals surface area contributed by atoms with E-state index in [9.17, 15) is 9.59 Å². The second-order valence-corrected chi connectivity index (χ2v) is 5.81. The standard InChI is InChI=1S/C14H21N5O2/c1-10-7-11(2)19(16-10)12-3-5-17(8-12)13(20)9-18-6-4-15-14(18)21/h7,12H,3-6,8-9H2,1-2H3,(H,15,21)/t12-/m1/s1. The van der Waals surface area contributed by atoms with Crippen LogP contribution in [0.1, 0.15) is 23.9 Å². The van der Waals surface area contributed by atoms with Crippen LogP contribution in [0.25, 0.3) is 0 Å². The summed E-state index contributed by atoms with van der Waals surface area (Å²) in [5.41, 5.74) is 2.14. The number of carbonyl (C=O) groups excluding carboxylic acids is 2. The largest absolute Gasteiger partial charge is 0.339 e. The highest BCUT2D eigenvalue weighted by atomic mass is 16.2. The van der Waals surface area contributed by atoms with Crippen molar-refractivity contribution in [3.8, 4) is 0 Å². The molecule has 0 saturated carbocycles. The van der Waals surface area contributed by atoms with Crippen LogP contribution in [-0.4, -0.2) is 64.2 Å². The second kappa shape index (κ2) is 5.38. The zero-order valence-electron chi connectivity index (χ0n) is 12.5. The number of hydrogen-bond donors (Lipinski definition) is 1. The topological polar surface area (TPSA) is 70.5 Å². The lowest BCUT2D eigenvalue weighted by molar-refractivity contribution is -0.130. The van der Waals surface area contributed by atoms with Crippen molar-refractivity contribution in [2.75, 3.05) is 32.7 Å². The van der Waals surface area contributed by atoms with Gasteiger partial charge in [-0.1, -0.05) is 0 Å². The third-order valence-electron chi connectivity index (χ3n) is 4.18. The van der Waals surface area contributed by atoms with E-state index in [2.05, 4.69) is 16.5 Å². The van der Waals surface area contributed by atoms with Gasteiger partial charge in [-0.05, 0) is 26.3 Å². The Bertz CT molecular complexity index is 568. The first-order valence-corrected chi connectivity index (χ1v) is 7.38. The summed E-state index contributed by atoms with van der Waals surface area (Å²) < 4.78 is 2.02. The molecule has 0 bridgehead atoms. The van der Waals surface area contributed by atoms with Crippen molar-refractivity contribution >= 4 is 11.9 Å². The lowest BCUT2D eigenvalue weighted by Crippen LogP contribution is -2.40. The quantitative estimate of drug-likeness (QED) is 0.870. The van der Waals surface area contributed by atoms with Crippen molar-refractivity contribution in [1.29, 1.82) is 0 Å². The highest BCUT2D eigenvalue weighted by Crippen LogP contribution is 2.23. The van der Waals surface area contributed by atoms with Crippen molar-refractivity contribution < 1.29 is 9.59 Å². The number of likely N-dealkylation sites (tertiary alicyclic amines) is 1. The second-order valence-electron chi connectivity index (χ2n) is 5.81. The fraction of sp³-hybridized carbons (Fsp3) is 0.643. The Hall–Kier alpha value is -2.05. The summed E-state index contributed by atoms with van der Waals surface area (Å²) in [6, 6.07) is 2.16. The fourth-order valence-electron chi connectivity index (χ4n) is 3.11. The van der Waals surface area contributed by atoms with E-state index in [1.165, 1.54) is 0 Å². The van der Waals surface area contributed by atoms with Gasteiger partial charge < -0.3 is 15.1 Å². The van der Waals surface area contributed by atoms with E-state index in [1.807, 2.05) is 23.4 Å². The van der Waals surface area contributed by atoms with E-state index in [-0.39, 0.29) is 24.5 Å². The number of nitrogens with zero attached hydrogens (tertiary/aromatic N) is 4. The first-order chi connectivity index (χ1) is 10.0. The Kier molecular flexibility index (Phi) is 3.57. The van der Waals surface area contributed by atoms with Gasteiger partial charge in [0, 0.05) is 31.9 Å². The van der Waals surface area contributed by atoms with Gasteiger partial charge >= 0.3 is 6.03 Å². The number of urea groups is 1. The molecule has 114 valence electrons. The van der Waals surface area contributed by atoms with Gasteiger partial charge in [0.25, 0.3) is 0 Å². The maximum atomic E-state index is 12.3. The summed E-state index contributed by atoms with van der Waals surface area (Å²) in [6.45, 7) is 6.84. The summed E-state index contributed by atoms with van der Waals surface area (Å²) in [7, 11) is 0. The number of nitrogens with one attached hydrogen (secondary N) is 1. The molecule has 0 unspecified atom stereocenters. The molecule has 2 aliphatic heterocycles. The molecule has 7 nitrogen and oxygen atoms in total. The van der Waals surface area contributed by atoms with Crippen LogP contribution in [0.4, 0.5) is 4.79 Å². The van der Waals surface area contributed by atoms with Gasteiger partial charge in [0.15, 0.2) is 0 Å². The Balaban J connectivity index is 1.60. The zero-order valence-corrected chi connectivity index (χ0v) is 12.5. The number of carbonyl (C=O) groups is 2. The third-order valence-corrected chi connectivity index (χ3v) is 4.18. The number of aromatic nitrogens is 2. The van der Waals surface area contributed by atoms with Crippen molar-refractivity contribution in [1.82, 2.24) is 24.9 Å². The number of aryl methyl sites for hydroxylation is 2. The van der Waals surface area contributed by atoms with Gasteiger partial charge in [0.05, 0.1) is 11.7 Å². The first kappa shape index (κ1) is 13.9. The van der Waals surface area contributed by atoms with E-state index >= 15 is 0 Å². The summed E-state index contributed by atoms with van der Waals surface area (Å²) in [4.78, 5) is 27.2. The zero-order chi connectivity index (χ0) is 15.0. The Morgan fingerprint density at radius 1 is 1.43 bits per heavy atom. The average molecular weight is 291 g/mol. The molecular formula is C14H21N5O2. The van der Waals surface area contributed by atoms with Gasteiger partial charge in [-0.15, -0.1) is 0 Å².